The maximum absolute atomic E-state index is 12.2. The van der Waals surface area contributed by atoms with Gasteiger partial charge in [-0.15, -0.1) is 0 Å². The molecule has 0 fully saturated rings. The Morgan fingerprint density at radius 3 is 2.46 bits per heavy atom. The zero-order valence-corrected chi connectivity index (χ0v) is 14.0. The van der Waals surface area contributed by atoms with E-state index >= 15 is 0 Å². The van der Waals surface area contributed by atoms with Gasteiger partial charge in [-0.25, -0.2) is 4.98 Å². The summed E-state index contributed by atoms with van der Waals surface area (Å²) in [6.45, 7) is 5.39. The summed E-state index contributed by atoms with van der Waals surface area (Å²) in [4.78, 5) is 16.3. The largest absolute Gasteiger partial charge is 0.348 e. The van der Waals surface area contributed by atoms with Crippen LogP contribution in [0.1, 0.15) is 32.6 Å². The van der Waals surface area contributed by atoms with Crippen molar-refractivity contribution in [3.8, 4) is 0 Å². The number of nitrogens with zero attached hydrogens (tertiary/aromatic N) is 2. The Morgan fingerprint density at radius 2 is 1.79 bits per heavy atom. The second-order valence-corrected chi connectivity index (χ2v) is 6.03. The van der Waals surface area contributed by atoms with Crippen molar-refractivity contribution in [2.24, 2.45) is 0 Å². The van der Waals surface area contributed by atoms with Crippen LogP contribution in [-0.4, -0.2) is 15.5 Å². The predicted molar refractivity (Wildman–Crippen MR) is 94.9 cm³/mol. The summed E-state index contributed by atoms with van der Waals surface area (Å²) in [6.07, 6.45) is 5.52. The molecule has 1 N–H and O–H groups in total. The van der Waals surface area contributed by atoms with Crippen LogP contribution in [0, 0.1) is 13.8 Å². The van der Waals surface area contributed by atoms with Crippen molar-refractivity contribution in [3.63, 3.8) is 0 Å². The first-order chi connectivity index (χ1) is 11.6. The van der Waals surface area contributed by atoms with E-state index in [-0.39, 0.29) is 5.91 Å². The molecular formula is C20H21N3O. The Hall–Kier alpha value is -2.88. The predicted octanol–water partition coefficient (Wildman–Crippen LogP) is 3.48. The molecule has 0 bridgehead atoms. The van der Waals surface area contributed by atoms with Crippen molar-refractivity contribution in [1.82, 2.24) is 14.9 Å². The minimum Gasteiger partial charge on any atom is -0.348 e. The van der Waals surface area contributed by atoms with Gasteiger partial charge in [-0.3, -0.25) is 4.79 Å². The van der Waals surface area contributed by atoms with Crippen LogP contribution in [0.25, 0.3) is 0 Å². The normalized spacial score (nSPS) is 10.6. The molecule has 1 heterocycles. The molecule has 0 saturated heterocycles. The van der Waals surface area contributed by atoms with Gasteiger partial charge in [0.25, 0.3) is 5.91 Å². The van der Waals surface area contributed by atoms with Crippen LogP contribution in [0.4, 0.5) is 0 Å². The van der Waals surface area contributed by atoms with Crippen LogP contribution >= 0.6 is 0 Å². The first-order valence-corrected chi connectivity index (χ1v) is 8.01. The topological polar surface area (TPSA) is 46.9 Å². The molecule has 0 aliphatic carbocycles. The van der Waals surface area contributed by atoms with Crippen LogP contribution in [-0.2, 0) is 13.1 Å². The highest BCUT2D eigenvalue weighted by atomic mass is 16.1. The molecule has 0 spiro atoms. The summed E-state index contributed by atoms with van der Waals surface area (Å²) in [5, 5.41) is 2.97. The molecule has 3 rings (SSSR count). The SMILES string of the molecule is Cc1ccc(C(=O)NCc2ccc(Cn3ccnc3)cc2)cc1C. The highest BCUT2D eigenvalue weighted by Crippen LogP contribution is 2.10. The first kappa shape index (κ1) is 16.0. The van der Waals surface area contributed by atoms with Gasteiger partial charge < -0.3 is 9.88 Å². The van der Waals surface area contributed by atoms with Crippen molar-refractivity contribution in [1.29, 1.82) is 0 Å². The number of amides is 1. The van der Waals surface area contributed by atoms with E-state index in [1.807, 2.05) is 54.9 Å². The number of hydrogen-bond donors (Lipinski definition) is 1. The molecule has 2 aromatic carbocycles. The molecule has 0 atom stereocenters. The number of carbonyl (C=O) groups excluding carboxylic acids is 1. The molecule has 1 amide bonds. The average Bonchev–Trinajstić information content (AvgIpc) is 3.09. The Labute approximate surface area is 142 Å². The van der Waals surface area contributed by atoms with E-state index in [2.05, 4.69) is 22.4 Å². The Bertz CT molecular complexity index is 821. The lowest BCUT2D eigenvalue weighted by molar-refractivity contribution is 0.0951. The zero-order valence-electron chi connectivity index (χ0n) is 14.0. The minimum absolute atomic E-state index is 0.0411. The molecule has 3 aromatic rings. The van der Waals surface area contributed by atoms with E-state index in [0.29, 0.717) is 12.1 Å². The lowest BCUT2D eigenvalue weighted by Gasteiger charge is -2.08. The highest BCUT2D eigenvalue weighted by molar-refractivity contribution is 5.94. The van der Waals surface area contributed by atoms with Crippen molar-refractivity contribution in [2.45, 2.75) is 26.9 Å². The molecule has 0 unspecified atom stereocenters. The summed E-state index contributed by atoms with van der Waals surface area (Å²) in [5.74, 6) is -0.0411. The van der Waals surface area contributed by atoms with Crippen LogP contribution in [0.3, 0.4) is 0 Å². The smallest absolute Gasteiger partial charge is 0.251 e. The molecule has 0 saturated carbocycles. The summed E-state index contributed by atoms with van der Waals surface area (Å²) in [7, 11) is 0. The molecular weight excluding hydrogens is 298 g/mol. The summed E-state index contributed by atoms with van der Waals surface area (Å²) >= 11 is 0. The molecule has 24 heavy (non-hydrogen) atoms. The van der Waals surface area contributed by atoms with E-state index in [9.17, 15) is 4.79 Å². The molecule has 0 aliphatic heterocycles. The Balaban J connectivity index is 1.58. The lowest BCUT2D eigenvalue weighted by atomic mass is 10.1. The van der Waals surface area contributed by atoms with E-state index in [0.717, 1.165) is 17.7 Å². The number of aryl methyl sites for hydroxylation is 2. The molecule has 122 valence electrons. The third kappa shape index (κ3) is 3.90. The first-order valence-electron chi connectivity index (χ1n) is 8.01. The average molecular weight is 319 g/mol. The summed E-state index contributed by atoms with van der Waals surface area (Å²) in [5.41, 5.74) is 5.32. The summed E-state index contributed by atoms with van der Waals surface area (Å²) < 4.78 is 2.02. The standard InChI is InChI=1S/C20H21N3O/c1-15-3-8-19(11-16(15)2)20(24)22-12-17-4-6-18(7-5-17)13-23-10-9-21-14-23/h3-11,14H,12-13H2,1-2H3,(H,22,24). The van der Waals surface area contributed by atoms with Crippen molar-refractivity contribution in [2.75, 3.05) is 0 Å². The molecule has 0 radical (unpaired) electrons. The van der Waals surface area contributed by atoms with Crippen LogP contribution in [0.15, 0.2) is 61.2 Å². The fourth-order valence-corrected chi connectivity index (χ4v) is 2.52. The fourth-order valence-electron chi connectivity index (χ4n) is 2.52. The van der Waals surface area contributed by atoms with E-state index in [1.54, 1.807) is 12.5 Å². The number of carbonyl (C=O) groups is 1. The molecule has 0 aliphatic rings. The number of rotatable bonds is 5. The van der Waals surface area contributed by atoms with Gasteiger partial charge in [0.05, 0.1) is 6.33 Å². The van der Waals surface area contributed by atoms with Gasteiger partial charge >= 0.3 is 0 Å². The number of imidazole rings is 1. The lowest BCUT2D eigenvalue weighted by Crippen LogP contribution is -2.22. The van der Waals surface area contributed by atoms with Crippen LogP contribution in [0.5, 0.6) is 0 Å². The van der Waals surface area contributed by atoms with E-state index < -0.39 is 0 Å². The second kappa shape index (κ2) is 7.13. The minimum atomic E-state index is -0.0411. The Morgan fingerprint density at radius 1 is 1.04 bits per heavy atom. The van der Waals surface area contributed by atoms with Crippen molar-refractivity contribution in [3.05, 3.63) is 89.0 Å². The number of aromatic nitrogens is 2. The number of hydrogen-bond acceptors (Lipinski definition) is 2. The summed E-state index contributed by atoms with van der Waals surface area (Å²) in [6, 6.07) is 14.0. The maximum atomic E-state index is 12.2. The van der Waals surface area contributed by atoms with Gasteiger partial charge in [-0.2, -0.15) is 0 Å². The van der Waals surface area contributed by atoms with E-state index in [4.69, 9.17) is 0 Å². The highest BCUT2D eigenvalue weighted by Gasteiger charge is 2.06. The van der Waals surface area contributed by atoms with Crippen LogP contribution < -0.4 is 5.32 Å². The number of nitrogens with one attached hydrogen (secondary N) is 1. The Kier molecular flexibility index (Phi) is 4.75. The van der Waals surface area contributed by atoms with Crippen molar-refractivity contribution < 1.29 is 4.79 Å². The van der Waals surface area contributed by atoms with Gasteiger partial charge in [0.1, 0.15) is 0 Å². The number of benzene rings is 2. The van der Waals surface area contributed by atoms with Crippen molar-refractivity contribution >= 4 is 5.91 Å². The van der Waals surface area contributed by atoms with Gasteiger partial charge in [0.15, 0.2) is 0 Å². The molecule has 4 nitrogen and oxygen atoms in total. The van der Waals surface area contributed by atoms with Gasteiger partial charge in [-0.1, -0.05) is 30.3 Å². The van der Waals surface area contributed by atoms with Gasteiger partial charge in [0, 0.05) is 31.0 Å². The fraction of sp³-hybridized carbons (Fsp3) is 0.200. The maximum Gasteiger partial charge on any atom is 0.251 e. The zero-order chi connectivity index (χ0) is 16.9. The third-order valence-corrected chi connectivity index (χ3v) is 4.17. The monoisotopic (exact) mass is 319 g/mol. The molecule has 1 aromatic heterocycles. The van der Waals surface area contributed by atoms with Crippen LogP contribution in [0.2, 0.25) is 0 Å². The van der Waals surface area contributed by atoms with Gasteiger partial charge in [-0.05, 0) is 48.2 Å². The van der Waals surface area contributed by atoms with Gasteiger partial charge in [0.2, 0.25) is 0 Å². The molecule has 4 heteroatoms. The third-order valence-electron chi connectivity index (χ3n) is 4.17. The quantitative estimate of drug-likeness (QED) is 0.782. The van der Waals surface area contributed by atoms with E-state index in [1.165, 1.54) is 11.1 Å². The second-order valence-electron chi connectivity index (χ2n) is 6.03.